The summed E-state index contributed by atoms with van der Waals surface area (Å²) in [6.45, 7) is 0. The van der Waals surface area contributed by atoms with Crippen LogP contribution in [-0.2, 0) is 5.67 Å². The molecule has 0 atom stereocenters. The van der Waals surface area contributed by atoms with Crippen molar-refractivity contribution < 1.29 is 44.3 Å². The van der Waals surface area contributed by atoms with Crippen molar-refractivity contribution >= 4 is 56.9 Å². The Morgan fingerprint density at radius 1 is 1.00 bits per heavy atom. The molecule has 0 N–H and O–H groups in total. The predicted octanol–water partition coefficient (Wildman–Crippen LogP) is 7.59. The minimum absolute atomic E-state index is 0.0343. The molecule has 3 aromatic rings. The first-order chi connectivity index (χ1) is 16.1. The lowest BCUT2D eigenvalue weighted by atomic mass is 9.94. The Hall–Kier alpha value is -2.27. The number of pyridine rings is 1. The highest BCUT2D eigenvalue weighted by atomic mass is 127. The van der Waals surface area contributed by atoms with Crippen molar-refractivity contribution in [1.82, 2.24) is 4.98 Å². The molecule has 188 valence electrons. The Balaban J connectivity index is 2.16. The maximum atomic E-state index is 14.5. The molecule has 4 nitrogen and oxygen atoms in total. The molecule has 1 aromatic heterocycles. The molecule has 0 saturated carbocycles. The van der Waals surface area contributed by atoms with Crippen LogP contribution in [0.5, 0.6) is 0 Å². The van der Waals surface area contributed by atoms with Crippen molar-refractivity contribution in [3.05, 3.63) is 68.6 Å². The first-order valence-corrected chi connectivity index (χ1v) is 11.0. The minimum atomic E-state index is -6.51. The van der Waals surface area contributed by atoms with Crippen LogP contribution in [0, 0.1) is 8.78 Å². The van der Waals surface area contributed by atoms with E-state index in [9.17, 15) is 49.5 Å². The van der Waals surface area contributed by atoms with Crippen molar-refractivity contribution in [3.63, 3.8) is 0 Å². The second kappa shape index (κ2) is 9.65. The van der Waals surface area contributed by atoms with Crippen LogP contribution in [0.3, 0.4) is 0 Å². The molecule has 0 aliphatic heterocycles. The predicted molar refractivity (Wildman–Crippen MR) is 118 cm³/mol. The van der Waals surface area contributed by atoms with E-state index in [1.165, 1.54) is 24.4 Å². The molecule has 35 heavy (non-hydrogen) atoms. The number of hydrogen-bond donors (Lipinski definition) is 0. The number of hydrogen-bond acceptors (Lipinski definition) is 4. The van der Waals surface area contributed by atoms with Gasteiger partial charge in [-0.1, -0.05) is 23.9 Å². The molecule has 1 heterocycles. The zero-order chi connectivity index (χ0) is 26.3. The quantitative estimate of drug-likeness (QED) is 0.125. The van der Waals surface area contributed by atoms with E-state index >= 15 is 0 Å². The van der Waals surface area contributed by atoms with Gasteiger partial charge in [0.05, 0.1) is 11.2 Å². The lowest BCUT2D eigenvalue weighted by Gasteiger charge is -2.34. The van der Waals surface area contributed by atoms with Crippen molar-refractivity contribution in [3.8, 4) is 0 Å². The number of halogens is 10. The van der Waals surface area contributed by atoms with Crippen molar-refractivity contribution in [2.24, 2.45) is 0 Å². The number of nitrogens with zero attached hydrogens (tertiary/aromatic N) is 2. The zero-order valence-corrected chi connectivity index (χ0v) is 19.6. The topological polar surface area (TPSA) is 56.3 Å². The SMILES string of the molecule is O=C(c1ccc2cccnc2c1)N([O-])c1c(I)cc(C(F)(C(F)(F)F)C(F)(F)F)cc1SC(F)F. The van der Waals surface area contributed by atoms with Gasteiger partial charge in [0.2, 0.25) is 5.91 Å². The van der Waals surface area contributed by atoms with Crippen molar-refractivity contribution in [2.45, 2.75) is 28.7 Å². The van der Waals surface area contributed by atoms with E-state index in [2.05, 4.69) is 4.98 Å². The third-order valence-electron chi connectivity index (χ3n) is 4.66. The van der Waals surface area contributed by atoms with E-state index in [0.29, 0.717) is 5.39 Å². The summed E-state index contributed by atoms with van der Waals surface area (Å²) in [4.78, 5) is 15.6. The van der Waals surface area contributed by atoms with E-state index in [1.807, 2.05) is 0 Å². The zero-order valence-electron chi connectivity index (χ0n) is 16.6. The highest BCUT2D eigenvalue weighted by molar-refractivity contribution is 14.1. The fourth-order valence-corrected chi connectivity index (χ4v) is 4.78. The molecule has 15 heteroatoms. The van der Waals surface area contributed by atoms with Crippen LogP contribution in [-0.4, -0.2) is 29.0 Å². The van der Waals surface area contributed by atoms with Crippen molar-refractivity contribution in [2.75, 3.05) is 5.06 Å². The summed E-state index contributed by atoms with van der Waals surface area (Å²) in [6, 6.07) is 6.89. The van der Waals surface area contributed by atoms with Gasteiger partial charge in [-0.15, -0.1) is 0 Å². The monoisotopic (exact) mass is 639 g/mol. The van der Waals surface area contributed by atoms with Crippen LogP contribution < -0.4 is 5.06 Å². The summed E-state index contributed by atoms with van der Waals surface area (Å²) in [5.41, 5.74) is -8.96. The highest BCUT2D eigenvalue weighted by Crippen LogP contribution is 2.55. The number of rotatable bonds is 5. The van der Waals surface area contributed by atoms with Gasteiger partial charge >= 0.3 is 18.0 Å². The summed E-state index contributed by atoms with van der Waals surface area (Å²) in [5.74, 6) is -4.79. The standard InChI is InChI=1S/C20H9F9IN2O2S/c21-17(22)35-14-8-11(18(23,19(24,25)26)20(27,28)29)7-12(30)15(14)32(34)16(33)10-4-3-9-2-1-5-31-13(9)6-10/h1-8,17H/q-1. The van der Waals surface area contributed by atoms with E-state index < -0.39 is 66.2 Å². The smallest absolute Gasteiger partial charge is 0.435 e. The van der Waals surface area contributed by atoms with Gasteiger partial charge in [0.1, 0.15) is 0 Å². The Labute approximate surface area is 208 Å². The van der Waals surface area contributed by atoms with E-state index in [-0.39, 0.29) is 23.2 Å². The van der Waals surface area contributed by atoms with Gasteiger partial charge in [-0.25, -0.2) is 4.39 Å². The van der Waals surface area contributed by atoms with Crippen LogP contribution in [0.25, 0.3) is 10.9 Å². The average molecular weight is 639 g/mol. The Morgan fingerprint density at radius 3 is 2.20 bits per heavy atom. The molecule has 0 aliphatic carbocycles. The Kier molecular flexibility index (Phi) is 7.53. The van der Waals surface area contributed by atoms with Crippen LogP contribution >= 0.6 is 34.4 Å². The second-order valence-electron chi connectivity index (χ2n) is 6.85. The van der Waals surface area contributed by atoms with Crippen LogP contribution in [0.4, 0.5) is 45.2 Å². The van der Waals surface area contributed by atoms with Crippen LogP contribution in [0.1, 0.15) is 15.9 Å². The van der Waals surface area contributed by atoms with Gasteiger partial charge in [-0.05, 0) is 52.9 Å². The Morgan fingerprint density at radius 2 is 1.63 bits per heavy atom. The fourth-order valence-electron chi connectivity index (χ4n) is 3.06. The number of fused-ring (bicyclic) bond motifs is 1. The van der Waals surface area contributed by atoms with Gasteiger partial charge in [0, 0.05) is 31.2 Å². The number of carbonyl (C=O) groups excluding carboxylic acids is 1. The van der Waals surface area contributed by atoms with Gasteiger partial charge in [0.25, 0.3) is 5.76 Å². The molecule has 0 spiro atoms. The van der Waals surface area contributed by atoms with Crippen LogP contribution in [0.15, 0.2) is 53.6 Å². The molecule has 0 fully saturated rings. The number of anilines is 1. The highest BCUT2D eigenvalue weighted by Gasteiger charge is 2.73. The summed E-state index contributed by atoms with van der Waals surface area (Å²) < 4.78 is 119. The summed E-state index contributed by atoms with van der Waals surface area (Å²) in [5, 5.41) is 12.9. The number of carbonyl (C=O) groups is 1. The van der Waals surface area contributed by atoms with Gasteiger partial charge in [-0.3, -0.25) is 9.78 Å². The average Bonchev–Trinajstić information content (AvgIpc) is 2.75. The Bertz CT molecular complexity index is 1250. The van der Waals surface area contributed by atoms with Gasteiger partial charge in [0.15, 0.2) is 0 Å². The summed E-state index contributed by atoms with van der Waals surface area (Å²) >= 11 is 0.460. The number of amides is 1. The number of hydroxylamine groups is 1. The normalized spacial score (nSPS) is 12.9. The third kappa shape index (κ3) is 5.16. The van der Waals surface area contributed by atoms with Crippen LogP contribution in [0.2, 0.25) is 0 Å². The molecule has 0 saturated heterocycles. The molecule has 0 radical (unpaired) electrons. The van der Waals surface area contributed by atoms with E-state index in [0.717, 1.165) is 22.6 Å². The molecular weight excluding hydrogens is 630 g/mol. The maximum absolute atomic E-state index is 14.5. The van der Waals surface area contributed by atoms with Crippen molar-refractivity contribution in [1.29, 1.82) is 0 Å². The first-order valence-electron chi connectivity index (χ1n) is 9.05. The molecule has 0 bridgehead atoms. The summed E-state index contributed by atoms with van der Waals surface area (Å²) in [7, 11) is 0. The molecule has 2 aromatic carbocycles. The maximum Gasteiger partial charge on any atom is 0.435 e. The number of thioether (sulfide) groups is 1. The first kappa shape index (κ1) is 27.3. The van der Waals surface area contributed by atoms with Gasteiger partial charge in [-0.2, -0.15) is 35.1 Å². The molecule has 1 amide bonds. The number of benzene rings is 2. The molecular formula is C20H9F9IN2O2S-. The third-order valence-corrected chi connectivity index (χ3v) is 6.23. The molecule has 0 unspecified atom stereocenters. The van der Waals surface area contributed by atoms with Gasteiger partial charge < -0.3 is 10.3 Å². The number of alkyl halides is 9. The largest absolute Gasteiger partial charge is 0.751 e. The second-order valence-corrected chi connectivity index (χ2v) is 9.04. The number of aromatic nitrogens is 1. The molecule has 0 aliphatic rings. The lowest BCUT2D eigenvalue weighted by molar-refractivity contribution is -0.348. The molecule has 3 rings (SSSR count). The van der Waals surface area contributed by atoms with E-state index in [4.69, 9.17) is 0 Å². The fraction of sp³-hybridized carbons (Fsp3) is 0.200. The summed E-state index contributed by atoms with van der Waals surface area (Å²) in [6.07, 6.45) is -11.6. The minimum Gasteiger partial charge on any atom is -0.751 e. The van der Waals surface area contributed by atoms with E-state index in [1.54, 1.807) is 12.1 Å². The lowest BCUT2D eigenvalue weighted by Crippen LogP contribution is -2.50.